The Kier molecular flexibility index (Phi) is 4.94. The van der Waals surface area contributed by atoms with Gasteiger partial charge in [0.05, 0.1) is 6.54 Å². The van der Waals surface area contributed by atoms with Gasteiger partial charge >= 0.3 is 6.03 Å². The third-order valence-electron chi connectivity index (χ3n) is 6.13. The lowest BCUT2D eigenvalue weighted by atomic mass is 9.90. The first-order chi connectivity index (χ1) is 13.5. The van der Waals surface area contributed by atoms with Crippen molar-refractivity contribution < 1.29 is 14.5 Å². The molecule has 2 N–H and O–H groups in total. The molecular formula is C23H28N3O2+. The molecule has 5 heteroatoms. The normalized spacial score (nSPS) is 22.3. The van der Waals surface area contributed by atoms with E-state index in [1.807, 2.05) is 31.2 Å². The number of amides is 3. The van der Waals surface area contributed by atoms with Crippen LogP contribution in [0.2, 0.25) is 0 Å². The minimum atomic E-state index is -0.986. The zero-order chi connectivity index (χ0) is 19.7. The highest BCUT2D eigenvalue weighted by Crippen LogP contribution is 2.32. The number of imide groups is 1. The van der Waals surface area contributed by atoms with Gasteiger partial charge in [0.1, 0.15) is 12.1 Å². The summed E-state index contributed by atoms with van der Waals surface area (Å²) >= 11 is 0. The smallest absolute Gasteiger partial charge is 0.319 e. The van der Waals surface area contributed by atoms with E-state index in [0.717, 1.165) is 37.9 Å². The zero-order valence-corrected chi connectivity index (χ0v) is 16.6. The molecule has 2 aromatic carbocycles. The van der Waals surface area contributed by atoms with E-state index in [2.05, 4.69) is 36.5 Å². The van der Waals surface area contributed by atoms with Crippen LogP contribution in [-0.4, -0.2) is 30.1 Å². The van der Waals surface area contributed by atoms with Gasteiger partial charge in [-0.1, -0.05) is 48.5 Å². The molecule has 0 bridgehead atoms. The fourth-order valence-electron chi connectivity index (χ4n) is 4.32. The average molecular weight is 378 g/mol. The van der Waals surface area contributed by atoms with Crippen LogP contribution in [0, 0.1) is 0 Å². The predicted octanol–water partition coefficient (Wildman–Crippen LogP) is 2.00. The first-order valence-electron chi connectivity index (χ1n) is 10.1. The van der Waals surface area contributed by atoms with Crippen molar-refractivity contribution in [2.45, 2.75) is 45.2 Å². The van der Waals surface area contributed by atoms with Crippen LogP contribution in [-0.2, 0) is 29.7 Å². The predicted molar refractivity (Wildman–Crippen MR) is 108 cm³/mol. The lowest BCUT2D eigenvalue weighted by Gasteiger charge is -2.25. The maximum Gasteiger partial charge on any atom is 0.329 e. The highest BCUT2D eigenvalue weighted by atomic mass is 16.2. The molecule has 2 aliphatic rings. The van der Waals surface area contributed by atoms with Crippen molar-refractivity contribution in [3.8, 4) is 0 Å². The van der Waals surface area contributed by atoms with E-state index in [0.29, 0.717) is 6.67 Å². The summed E-state index contributed by atoms with van der Waals surface area (Å²) in [4.78, 5) is 28.5. The van der Waals surface area contributed by atoms with Gasteiger partial charge in [-0.2, -0.15) is 0 Å². The van der Waals surface area contributed by atoms with Crippen molar-refractivity contribution in [2.24, 2.45) is 0 Å². The fourth-order valence-corrected chi connectivity index (χ4v) is 4.32. The first-order valence-corrected chi connectivity index (χ1v) is 10.1. The van der Waals surface area contributed by atoms with Crippen molar-refractivity contribution in [3.05, 3.63) is 70.8 Å². The molecule has 1 aliphatic heterocycles. The van der Waals surface area contributed by atoms with Gasteiger partial charge in [-0.3, -0.25) is 4.79 Å². The third-order valence-corrected chi connectivity index (χ3v) is 6.13. The lowest BCUT2D eigenvalue weighted by molar-refractivity contribution is -0.919. The minimum Gasteiger partial charge on any atom is -0.319 e. The molecule has 1 fully saturated rings. The summed E-state index contributed by atoms with van der Waals surface area (Å²) in [6.07, 6.45) is 3.32. The van der Waals surface area contributed by atoms with E-state index in [1.54, 1.807) is 0 Å². The molecule has 0 radical (unpaired) electrons. The van der Waals surface area contributed by atoms with Crippen molar-refractivity contribution in [1.29, 1.82) is 0 Å². The van der Waals surface area contributed by atoms with Gasteiger partial charge in [0.2, 0.25) is 0 Å². The number of nitrogens with one attached hydrogen (secondary N) is 2. The van der Waals surface area contributed by atoms with E-state index in [-0.39, 0.29) is 11.9 Å². The molecule has 1 heterocycles. The Morgan fingerprint density at radius 2 is 1.82 bits per heavy atom. The second-order valence-electron chi connectivity index (χ2n) is 8.05. The van der Waals surface area contributed by atoms with Crippen LogP contribution in [0.15, 0.2) is 48.5 Å². The molecule has 5 nitrogen and oxygen atoms in total. The Labute approximate surface area is 166 Å². The van der Waals surface area contributed by atoms with E-state index in [1.165, 1.54) is 26.5 Å². The SMILES string of the molecule is CC[NH+](Cc1ccccc1)CN1C(=O)N[C@@](C)(c2ccc3c(c2)CCC3)C1=O. The molecule has 0 aromatic heterocycles. The maximum absolute atomic E-state index is 13.3. The third kappa shape index (κ3) is 3.31. The van der Waals surface area contributed by atoms with Gasteiger partial charge in [-0.15, -0.1) is 0 Å². The molecule has 1 unspecified atom stereocenters. The highest BCUT2D eigenvalue weighted by Gasteiger charge is 2.50. The Balaban J connectivity index is 1.53. The number of urea groups is 1. The van der Waals surface area contributed by atoms with Crippen LogP contribution in [0.5, 0.6) is 0 Å². The molecule has 4 rings (SSSR count). The molecule has 0 spiro atoms. The van der Waals surface area contributed by atoms with E-state index >= 15 is 0 Å². The molecular weight excluding hydrogens is 350 g/mol. The number of carbonyl (C=O) groups is 2. The Morgan fingerprint density at radius 1 is 1.07 bits per heavy atom. The molecule has 3 amide bonds. The van der Waals surface area contributed by atoms with Crippen LogP contribution in [0.4, 0.5) is 4.79 Å². The van der Waals surface area contributed by atoms with Crippen molar-refractivity contribution >= 4 is 11.9 Å². The van der Waals surface area contributed by atoms with E-state index in [4.69, 9.17) is 0 Å². The molecule has 1 saturated heterocycles. The summed E-state index contributed by atoms with van der Waals surface area (Å²) in [6.45, 7) is 5.89. The first kappa shape index (κ1) is 18.7. The molecule has 0 saturated carbocycles. The topological polar surface area (TPSA) is 53.9 Å². The van der Waals surface area contributed by atoms with Crippen LogP contribution in [0.1, 0.15) is 42.5 Å². The van der Waals surface area contributed by atoms with Crippen molar-refractivity contribution in [1.82, 2.24) is 10.2 Å². The second kappa shape index (κ2) is 7.40. The van der Waals surface area contributed by atoms with Crippen molar-refractivity contribution in [3.63, 3.8) is 0 Å². The van der Waals surface area contributed by atoms with Crippen LogP contribution in [0.25, 0.3) is 0 Å². The molecule has 28 heavy (non-hydrogen) atoms. The maximum atomic E-state index is 13.3. The van der Waals surface area contributed by atoms with Crippen LogP contribution in [0.3, 0.4) is 0 Å². The van der Waals surface area contributed by atoms with Crippen LogP contribution < -0.4 is 10.2 Å². The number of hydrogen-bond donors (Lipinski definition) is 2. The van der Waals surface area contributed by atoms with Crippen molar-refractivity contribution in [2.75, 3.05) is 13.2 Å². The summed E-state index contributed by atoms with van der Waals surface area (Å²) in [6, 6.07) is 16.1. The van der Waals surface area contributed by atoms with Gasteiger partial charge in [0.25, 0.3) is 5.91 Å². The molecule has 146 valence electrons. The summed E-state index contributed by atoms with van der Waals surface area (Å²) in [5.41, 5.74) is 3.78. The lowest BCUT2D eigenvalue weighted by Crippen LogP contribution is -3.12. The standard InChI is InChI=1S/C23H27N3O2/c1-3-25(15-17-8-5-4-6-9-17)16-26-21(27)23(2,24-22(26)28)20-13-12-18-10-7-11-19(18)14-20/h4-6,8-9,12-14H,3,7,10-11,15-16H2,1-2H3,(H,24,28)/p+1/t23-/m0/s1. The summed E-state index contributed by atoms with van der Waals surface area (Å²) in [7, 11) is 0. The van der Waals surface area contributed by atoms with Gasteiger partial charge in [0.15, 0.2) is 6.67 Å². The monoisotopic (exact) mass is 378 g/mol. The molecule has 2 atom stereocenters. The summed E-state index contributed by atoms with van der Waals surface area (Å²) in [5.74, 6) is -0.158. The quantitative estimate of drug-likeness (QED) is 0.756. The minimum absolute atomic E-state index is 0.158. The number of fused-ring (bicyclic) bond motifs is 1. The largest absolute Gasteiger partial charge is 0.329 e. The number of benzene rings is 2. The number of hydrogen-bond acceptors (Lipinski definition) is 2. The number of aryl methyl sites for hydroxylation is 2. The van der Waals surface area contributed by atoms with Crippen LogP contribution >= 0.6 is 0 Å². The Morgan fingerprint density at radius 3 is 2.57 bits per heavy atom. The van der Waals surface area contributed by atoms with Gasteiger partial charge in [-0.05, 0) is 49.8 Å². The summed E-state index contributed by atoms with van der Waals surface area (Å²) in [5, 5.41) is 2.96. The fraction of sp³-hybridized carbons (Fsp3) is 0.391. The number of carbonyl (C=O) groups excluding carboxylic acids is 2. The number of nitrogens with zero attached hydrogens (tertiary/aromatic N) is 1. The summed E-state index contributed by atoms with van der Waals surface area (Å²) < 4.78 is 0. The van der Waals surface area contributed by atoms with Gasteiger partial charge < -0.3 is 10.2 Å². The van der Waals surface area contributed by atoms with E-state index in [9.17, 15) is 9.59 Å². The second-order valence-corrected chi connectivity index (χ2v) is 8.05. The average Bonchev–Trinajstić information content (AvgIpc) is 3.26. The molecule has 1 aliphatic carbocycles. The highest BCUT2D eigenvalue weighted by molar-refractivity contribution is 6.07. The zero-order valence-electron chi connectivity index (χ0n) is 16.6. The molecule has 2 aromatic rings. The number of rotatable bonds is 6. The van der Waals surface area contributed by atoms with Gasteiger partial charge in [0, 0.05) is 5.56 Å². The van der Waals surface area contributed by atoms with E-state index < -0.39 is 5.54 Å². The van der Waals surface area contributed by atoms with Gasteiger partial charge in [-0.25, -0.2) is 9.69 Å². The number of quaternary nitrogens is 1. The Bertz CT molecular complexity index is 896. The Hall–Kier alpha value is -2.66.